The zero-order valence-corrected chi connectivity index (χ0v) is 22.5. The number of aromatic amines is 1. The number of nitrogens with one attached hydrogen (secondary N) is 1. The topological polar surface area (TPSA) is 74.8 Å². The smallest absolute Gasteiger partial charge is 0.162 e. The second-order valence-electron chi connectivity index (χ2n) is 9.07. The third kappa shape index (κ3) is 8.16. The van der Waals surface area contributed by atoms with Gasteiger partial charge >= 0.3 is 0 Å². The van der Waals surface area contributed by atoms with Crippen LogP contribution in [0.3, 0.4) is 0 Å². The Kier molecular flexibility index (Phi) is 10.2. The van der Waals surface area contributed by atoms with Crippen LogP contribution in [-0.2, 0) is 14.2 Å². The number of rotatable bonds is 5. The summed E-state index contributed by atoms with van der Waals surface area (Å²) in [5, 5.41) is 0. The fraction of sp³-hybridized carbons (Fsp3) is 0.242. The van der Waals surface area contributed by atoms with Crippen molar-refractivity contribution in [3.05, 3.63) is 101 Å². The van der Waals surface area contributed by atoms with Crippen LogP contribution in [0, 0.1) is 0 Å². The molecular weight excluding hydrogens is 504 g/mol. The number of hydrogen-bond donors (Lipinski definition) is 1. The lowest BCUT2D eigenvalue weighted by molar-refractivity contribution is 0.00708. The number of benzene rings is 3. The predicted molar refractivity (Wildman–Crippen MR) is 158 cm³/mol. The number of ether oxygens (including phenoxy) is 5. The molecule has 5 rings (SSSR count). The normalized spacial score (nSPS) is 15.6. The molecule has 1 aromatic heterocycles. The van der Waals surface area contributed by atoms with E-state index >= 15 is 0 Å². The van der Waals surface area contributed by atoms with E-state index in [9.17, 15) is 0 Å². The maximum Gasteiger partial charge on any atom is 0.162 e. The minimum absolute atomic E-state index is 0.393. The molecular formula is C33H34N2O5. The third-order valence-corrected chi connectivity index (χ3v) is 6.17. The van der Waals surface area contributed by atoms with Gasteiger partial charge in [0.2, 0.25) is 0 Å². The fourth-order valence-electron chi connectivity index (χ4n) is 4.12. The van der Waals surface area contributed by atoms with E-state index in [-0.39, 0.29) is 0 Å². The Labute approximate surface area is 235 Å². The highest BCUT2D eigenvalue weighted by molar-refractivity contribution is 5.78. The highest BCUT2D eigenvalue weighted by Crippen LogP contribution is 2.33. The Morgan fingerprint density at radius 1 is 0.550 bits per heavy atom. The van der Waals surface area contributed by atoms with Crippen LogP contribution in [0.1, 0.15) is 22.5 Å². The zero-order valence-electron chi connectivity index (χ0n) is 22.5. The van der Waals surface area contributed by atoms with Crippen molar-refractivity contribution < 1.29 is 23.7 Å². The van der Waals surface area contributed by atoms with E-state index in [2.05, 4.69) is 47.5 Å². The highest BCUT2D eigenvalue weighted by atomic mass is 16.6. The van der Waals surface area contributed by atoms with Crippen molar-refractivity contribution in [3.8, 4) is 22.9 Å². The van der Waals surface area contributed by atoms with Crippen LogP contribution in [0.4, 0.5) is 0 Å². The summed E-state index contributed by atoms with van der Waals surface area (Å²) < 4.78 is 28.7. The van der Waals surface area contributed by atoms with Gasteiger partial charge in [0, 0.05) is 5.56 Å². The first-order valence-electron chi connectivity index (χ1n) is 13.5. The van der Waals surface area contributed by atoms with Gasteiger partial charge in [-0.15, -0.1) is 0 Å². The average molecular weight is 539 g/mol. The van der Waals surface area contributed by atoms with Gasteiger partial charge in [-0.25, -0.2) is 4.98 Å². The van der Waals surface area contributed by atoms with Crippen LogP contribution in [0.25, 0.3) is 35.7 Å². The van der Waals surface area contributed by atoms with Gasteiger partial charge in [0.05, 0.1) is 51.0 Å². The van der Waals surface area contributed by atoms with Crippen molar-refractivity contribution in [3.63, 3.8) is 0 Å². The molecule has 1 aliphatic rings. The summed E-state index contributed by atoms with van der Waals surface area (Å²) in [5.41, 5.74) is 4.86. The maximum atomic E-state index is 6.07. The summed E-state index contributed by atoms with van der Waals surface area (Å²) >= 11 is 0. The molecule has 0 saturated carbocycles. The molecule has 1 aliphatic heterocycles. The van der Waals surface area contributed by atoms with Crippen molar-refractivity contribution in [2.75, 3.05) is 52.9 Å². The zero-order chi connectivity index (χ0) is 27.2. The van der Waals surface area contributed by atoms with Crippen molar-refractivity contribution in [1.82, 2.24) is 9.97 Å². The van der Waals surface area contributed by atoms with Crippen LogP contribution >= 0.6 is 0 Å². The van der Waals surface area contributed by atoms with Crippen LogP contribution in [-0.4, -0.2) is 62.8 Å². The Hall–Kier alpha value is -4.17. The van der Waals surface area contributed by atoms with E-state index in [1.807, 2.05) is 60.7 Å². The van der Waals surface area contributed by atoms with Crippen LogP contribution < -0.4 is 9.47 Å². The van der Waals surface area contributed by atoms with Crippen molar-refractivity contribution in [2.45, 2.75) is 0 Å². The molecule has 0 saturated heterocycles. The molecule has 0 amide bonds. The summed E-state index contributed by atoms with van der Waals surface area (Å²) in [6.07, 6.45) is 8.23. The van der Waals surface area contributed by atoms with Gasteiger partial charge in [-0.05, 0) is 41.5 Å². The van der Waals surface area contributed by atoms with Crippen molar-refractivity contribution in [2.24, 2.45) is 0 Å². The number of fused-ring (bicyclic) bond motifs is 1. The van der Waals surface area contributed by atoms with E-state index in [1.54, 1.807) is 0 Å². The van der Waals surface area contributed by atoms with E-state index in [0.29, 0.717) is 64.4 Å². The first-order chi connectivity index (χ1) is 19.8. The first-order valence-corrected chi connectivity index (χ1v) is 13.5. The van der Waals surface area contributed by atoms with Crippen molar-refractivity contribution in [1.29, 1.82) is 0 Å². The lowest BCUT2D eigenvalue weighted by atomic mass is 10.1. The van der Waals surface area contributed by atoms with Gasteiger partial charge < -0.3 is 28.7 Å². The van der Waals surface area contributed by atoms with E-state index in [0.717, 1.165) is 33.9 Å². The summed E-state index contributed by atoms with van der Waals surface area (Å²) in [7, 11) is 0. The minimum Gasteiger partial charge on any atom is -0.487 e. The van der Waals surface area contributed by atoms with Gasteiger partial charge in [-0.2, -0.15) is 0 Å². The van der Waals surface area contributed by atoms with Crippen LogP contribution in [0.2, 0.25) is 0 Å². The Morgan fingerprint density at radius 2 is 1.10 bits per heavy atom. The molecule has 206 valence electrons. The monoisotopic (exact) mass is 538 g/mol. The summed E-state index contributed by atoms with van der Waals surface area (Å²) in [6, 6.07) is 26.2. The number of imidazole rings is 1. The number of nitrogens with zero attached hydrogens (tertiary/aromatic N) is 1. The van der Waals surface area contributed by atoms with Gasteiger partial charge in [-0.3, -0.25) is 0 Å². The summed E-state index contributed by atoms with van der Waals surface area (Å²) in [5.74, 6) is 2.02. The molecule has 0 spiro atoms. The fourth-order valence-corrected chi connectivity index (χ4v) is 4.12. The van der Waals surface area contributed by atoms with E-state index in [1.165, 1.54) is 0 Å². The Morgan fingerprint density at radius 3 is 1.73 bits per heavy atom. The highest BCUT2D eigenvalue weighted by Gasteiger charge is 2.13. The number of aromatic nitrogens is 2. The molecule has 7 nitrogen and oxygen atoms in total. The van der Waals surface area contributed by atoms with Crippen LogP contribution in [0.5, 0.6) is 11.5 Å². The quantitative estimate of drug-likeness (QED) is 0.324. The second kappa shape index (κ2) is 14.8. The minimum atomic E-state index is 0.393. The molecule has 3 aromatic carbocycles. The third-order valence-electron chi connectivity index (χ3n) is 6.17. The molecule has 0 aliphatic carbocycles. The molecule has 0 fully saturated rings. The van der Waals surface area contributed by atoms with Gasteiger partial charge in [0.1, 0.15) is 19.0 Å². The lowest BCUT2D eigenvalue weighted by Crippen LogP contribution is -2.13. The molecule has 1 N–H and O–H groups in total. The lowest BCUT2D eigenvalue weighted by Gasteiger charge is -2.14. The average Bonchev–Trinajstić information content (AvgIpc) is 3.41. The summed E-state index contributed by atoms with van der Waals surface area (Å²) in [6.45, 7) is 3.82. The SMILES string of the molecule is C(=C\c1nc(-c2ccc3c(c2)OCCOCCOCCOCCO3)[nH]c1/C=C/c1ccccc1)/c1ccccc1. The Balaban J connectivity index is 1.42. The standard InChI is InChI=1S/C33H34N2O5/c1-3-7-26(8-4-1)11-14-29-30(15-12-27-9-5-2-6-10-27)35-33(34-29)28-13-16-31-32(25-28)40-24-22-38-20-18-36-17-19-37-21-23-39-31/h1-16,25H,17-24H2,(H,34,35)/b14-11+,15-12+. The molecule has 40 heavy (non-hydrogen) atoms. The second-order valence-corrected chi connectivity index (χ2v) is 9.07. The van der Waals surface area contributed by atoms with Crippen LogP contribution in [0.15, 0.2) is 78.9 Å². The molecule has 7 heteroatoms. The maximum absolute atomic E-state index is 6.07. The first kappa shape index (κ1) is 27.4. The molecule has 0 atom stereocenters. The molecule has 4 aromatic rings. The molecule has 0 unspecified atom stereocenters. The van der Waals surface area contributed by atoms with Gasteiger partial charge in [0.25, 0.3) is 0 Å². The van der Waals surface area contributed by atoms with Gasteiger partial charge in [-0.1, -0.05) is 72.8 Å². The summed E-state index contributed by atoms with van der Waals surface area (Å²) in [4.78, 5) is 8.44. The van der Waals surface area contributed by atoms with E-state index in [4.69, 9.17) is 28.7 Å². The van der Waals surface area contributed by atoms with Crippen molar-refractivity contribution >= 4 is 24.3 Å². The number of H-pyrrole nitrogens is 1. The van der Waals surface area contributed by atoms with Gasteiger partial charge in [0.15, 0.2) is 11.5 Å². The molecule has 0 radical (unpaired) electrons. The predicted octanol–water partition coefficient (Wildman–Crippen LogP) is 6.24. The number of hydrogen-bond acceptors (Lipinski definition) is 6. The Bertz CT molecular complexity index is 1320. The molecule has 2 heterocycles. The molecule has 0 bridgehead atoms. The van der Waals surface area contributed by atoms with E-state index < -0.39 is 0 Å². The largest absolute Gasteiger partial charge is 0.487 e.